The van der Waals surface area contributed by atoms with Crippen molar-refractivity contribution < 1.29 is 9.59 Å². The zero-order valence-electron chi connectivity index (χ0n) is 15.7. The number of piperidine rings is 1. The second kappa shape index (κ2) is 8.52. The van der Waals surface area contributed by atoms with Crippen molar-refractivity contribution in [1.29, 1.82) is 0 Å². The molecule has 3 fully saturated rings. The molecule has 148 valence electrons. The normalized spacial score (nSPS) is 24.0. The molecule has 8 nitrogen and oxygen atoms in total. The highest BCUT2D eigenvalue weighted by molar-refractivity contribution is 7.19. The summed E-state index contributed by atoms with van der Waals surface area (Å²) in [5.41, 5.74) is 0. The van der Waals surface area contributed by atoms with E-state index in [0.717, 1.165) is 50.6 Å². The Kier molecular flexibility index (Phi) is 5.87. The Morgan fingerprint density at radius 3 is 2.63 bits per heavy atom. The minimum Gasteiger partial charge on any atom is -0.353 e. The van der Waals surface area contributed by atoms with Gasteiger partial charge in [-0.1, -0.05) is 17.8 Å². The minimum absolute atomic E-state index is 0.0820. The monoisotopic (exact) mass is 392 g/mol. The first kappa shape index (κ1) is 18.6. The second-order valence-electron chi connectivity index (χ2n) is 7.56. The highest BCUT2D eigenvalue weighted by Gasteiger charge is 2.34. The van der Waals surface area contributed by atoms with E-state index in [1.165, 1.54) is 30.6 Å². The first-order chi connectivity index (χ1) is 13.2. The molecule has 3 saturated heterocycles. The first-order valence-corrected chi connectivity index (χ1v) is 10.9. The van der Waals surface area contributed by atoms with E-state index >= 15 is 0 Å². The third kappa shape index (κ3) is 4.24. The maximum absolute atomic E-state index is 12.7. The van der Waals surface area contributed by atoms with E-state index in [2.05, 4.69) is 25.3 Å². The average Bonchev–Trinajstić information content (AvgIpc) is 3.42. The van der Waals surface area contributed by atoms with Gasteiger partial charge in [0.1, 0.15) is 6.04 Å². The summed E-state index contributed by atoms with van der Waals surface area (Å²) >= 11 is 1.42. The number of rotatable bonds is 6. The lowest BCUT2D eigenvalue weighted by Gasteiger charge is -2.27. The number of amides is 2. The van der Waals surface area contributed by atoms with Crippen molar-refractivity contribution in [3.63, 3.8) is 0 Å². The molecular formula is C18H28N6O2S. The third-order valence-electron chi connectivity index (χ3n) is 5.69. The molecule has 4 heterocycles. The van der Waals surface area contributed by atoms with Gasteiger partial charge in [0.25, 0.3) is 0 Å². The Hall–Kier alpha value is -1.74. The van der Waals surface area contributed by atoms with Crippen LogP contribution in [0.2, 0.25) is 0 Å². The average molecular weight is 393 g/mol. The molecule has 1 aromatic heterocycles. The molecule has 1 N–H and O–H groups in total. The molecule has 0 unspecified atom stereocenters. The standard InChI is InChI=1S/C18H28N6O2S/c25-15-7-5-12-24(15)18-21-20-17(27-18)23-11-4-6-14(23)16(26)19-8-13-22-9-2-1-3-10-22/h14H,1-13H2,(H,19,26)/t14-/m1/s1. The predicted octanol–water partition coefficient (Wildman–Crippen LogP) is 1.24. The fraction of sp³-hybridized carbons (Fsp3) is 0.778. The van der Waals surface area contributed by atoms with Crippen molar-refractivity contribution in [2.75, 3.05) is 49.1 Å². The van der Waals surface area contributed by atoms with Crippen LogP contribution >= 0.6 is 11.3 Å². The van der Waals surface area contributed by atoms with Crippen molar-refractivity contribution >= 4 is 33.4 Å². The van der Waals surface area contributed by atoms with Gasteiger partial charge >= 0.3 is 0 Å². The lowest BCUT2D eigenvalue weighted by Crippen LogP contribution is -2.46. The summed E-state index contributed by atoms with van der Waals surface area (Å²) in [6.45, 7) is 5.45. The number of carbonyl (C=O) groups excluding carboxylic acids is 2. The van der Waals surface area contributed by atoms with Gasteiger partial charge < -0.3 is 15.1 Å². The number of likely N-dealkylation sites (tertiary alicyclic amines) is 1. The predicted molar refractivity (Wildman–Crippen MR) is 105 cm³/mol. The Morgan fingerprint density at radius 2 is 1.85 bits per heavy atom. The number of hydrogen-bond acceptors (Lipinski definition) is 7. The third-order valence-corrected chi connectivity index (χ3v) is 6.67. The van der Waals surface area contributed by atoms with Crippen LogP contribution in [0, 0.1) is 0 Å². The molecule has 27 heavy (non-hydrogen) atoms. The number of anilines is 2. The fourth-order valence-electron chi connectivity index (χ4n) is 4.19. The lowest BCUT2D eigenvalue weighted by atomic mass is 10.1. The molecule has 4 rings (SSSR count). The van der Waals surface area contributed by atoms with Gasteiger partial charge in [-0.05, 0) is 45.2 Å². The summed E-state index contributed by atoms with van der Waals surface area (Å²) < 4.78 is 0. The molecule has 1 atom stereocenters. The fourth-order valence-corrected chi connectivity index (χ4v) is 5.16. The van der Waals surface area contributed by atoms with Crippen LogP contribution in [0.5, 0.6) is 0 Å². The van der Waals surface area contributed by atoms with E-state index in [9.17, 15) is 9.59 Å². The summed E-state index contributed by atoms with van der Waals surface area (Å²) in [6, 6.07) is -0.179. The molecule has 2 amide bonds. The molecule has 0 bridgehead atoms. The van der Waals surface area contributed by atoms with Crippen LogP contribution in [0.1, 0.15) is 44.9 Å². The summed E-state index contributed by atoms with van der Waals surface area (Å²) in [5.74, 6) is 0.199. The Bertz CT molecular complexity index is 675. The summed E-state index contributed by atoms with van der Waals surface area (Å²) in [6.07, 6.45) is 7.13. The van der Waals surface area contributed by atoms with Crippen LogP contribution < -0.4 is 15.1 Å². The van der Waals surface area contributed by atoms with Crippen molar-refractivity contribution in [1.82, 2.24) is 20.4 Å². The van der Waals surface area contributed by atoms with Gasteiger partial charge in [0.15, 0.2) is 0 Å². The van der Waals surface area contributed by atoms with Gasteiger partial charge in [0.2, 0.25) is 22.1 Å². The van der Waals surface area contributed by atoms with Crippen molar-refractivity contribution in [3.05, 3.63) is 0 Å². The van der Waals surface area contributed by atoms with Gasteiger partial charge in [-0.25, -0.2) is 0 Å². The van der Waals surface area contributed by atoms with E-state index < -0.39 is 0 Å². The molecule has 0 spiro atoms. The Morgan fingerprint density at radius 1 is 1.04 bits per heavy atom. The van der Waals surface area contributed by atoms with E-state index in [1.54, 1.807) is 4.90 Å². The summed E-state index contributed by atoms with van der Waals surface area (Å²) in [5, 5.41) is 13.0. The quantitative estimate of drug-likeness (QED) is 0.784. The van der Waals surface area contributed by atoms with Gasteiger partial charge in [-0.3, -0.25) is 14.5 Å². The Balaban J connectivity index is 1.32. The van der Waals surface area contributed by atoms with Gasteiger partial charge in [-0.2, -0.15) is 0 Å². The minimum atomic E-state index is -0.179. The van der Waals surface area contributed by atoms with Gasteiger partial charge in [-0.15, -0.1) is 10.2 Å². The van der Waals surface area contributed by atoms with Crippen LogP contribution in [0.4, 0.5) is 10.3 Å². The van der Waals surface area contributed by atoms with Crippen molar-refractivity contribution in [3.8, 4) is 0 Å². The smallest absolute Gasteiger partial charge is 0.242 e. The van der Waals surface area contributed by atoms with E-state index in [4.69, 9.17) is 0 Å². The summed E-state index contributed by atoms with van der Waals surface area (Å²) in [4.78, 5) is 30.8. The van der Waals surface area contributed by atoms with Gasteiger partial charge in [0, 0.05) is 32.6 Å². The number of nitrogens with one attached hydrogen (secondary N) is 1. The summed E-state index contributed by atoms with van der Waals surface area (Å²) in [7, 11) is 0. The highest BCUT2D eigenvalue weighted by Crippen LogP contribution is 2.33. The molecule has 0 aliphatic carbocycles. The van der Waals surface area contributed by atoms with Crippen molar-refractivity contribution in [2.24, 2.45) is 0 Å². The molecule has 1 aromatic rings. The molecule has 0 radical (unpaired) electrons. The number of hydrogen-bond donors (Lipinski definition) is 1. The molecule has 3 aliphatic heterocycles. The zero-order chi connectivity index (χ0) is 18.6. The number of nitrogens with zero attached hydrogens (tertiary/aromatic N) is 5. The van der Waals surface area contributed by atoms with E-state index in [1.807, 2.05) is 0 Å². The zero-order valence-corrected chi connectivity index (χ0v) is 16.5. The Labute approximate surface area is 163 Å². The molecule has 3 aliphatic rings. The van der Waals surface area contributed by atoms with Gasteiger partial charge in [0.05, 0.1) is 0 Å². The maximum atomic E-state index is 12.7. The van der Waals surface area contributed by atoms with Crippen LogP contribution in [0.15, 0.2) is 0 Å². The van der Waals surface area contributed by atoms with E-state index in [0.29, 0.717) is 24.6 Å². The highest BCUT2D eigenvalue weighted by atomic mass is 32.1. The number of carbonyl (C=O) groups is 2. The maximum Gasteiger partial charge on any atom is 0.242 e. The van der Waals surface area contributed by atoms with Crippen molar-refractivity contribution in [2.45, 2.75) is 51.0 Å². The molecule has 0 aromatic carbocycles. The SMILES string of the molecule is O=C(NCCN1CCCCC1)[C@H]1CCCN1c1nnc(N2CCCC2=O)s1. The van der Waals surface area contributed by atoms with Crippen LogP contribution in [0.25, 0.3) is 0 Å². The lowest BCUT2D eigenvalue weighted by molar-refractivity contribution is -0.122. The van der Waals surface area contributed by atoms with E-state index in [-0.39, 0.29) is 17.9 Å². The van der Waals surface area contributed by atoms with Crippen LogP contribution in [-0.2, 0) is 9.59 Å². The topological polar surface area (TPSA) is 81.7 Å². The molecule has 0 saturated carbocycles. The van der Waals surface area contributed by atoms with Crippen LogP contribution in [-0.4, -0.2) is 72.2 Å². The number of aromatic nitrogens is 2. The second-order valence-corrected chi connectivity index (χ2v) is 8.50. The molecular weight excluding hydrogens is 364 g/mol. The first-order valence-electron chi connectivity index (χ1n) is 10.1. The van der Waals surface area contributed by atoms with Crippen LogP contribution in [0.3, 0.4) is 0 Å². The molecule has 9 heteroatoms. The largest absolute Gasteiger partial charge is 0.353 e.